The number of carbonyl (C=O) groups is 3. The first-order chi connectivity index (χ1) is 36.5. The van der Waals surface area contributed by atoms with Crippen molar-refractivity contribution in [1.82, 2.24) is 0 Å². The van der Waals surface area contributed by atoms with E-state index in [9.17, 15) is 14.4 Å². The van der Waals surface area contributed by atoms with Gasteiger partial charge in [-0.2, -0.15) is 0 Å². The summed E-state index contributed by atoms with van der Waals surface area (Å²) >= 11 is 0. The van der Waals surface area contributed by atoms with Gasteiger partial charge in [0.2, 0.25) is 0 Å². The summed E-state index contributed by atoms with van der Waals surface area (Å²) in [6.07, 6.45) is 80.5. The SMILES string of the molecule is CC/C=C\C/C=C\C/C=C\C/C=C\C/C=C\CCCCCC(=O)OC(COC(=O)CCCCCCC/C=C\CCCCCCC)COC(=O)CCCCCCCCCCCCCCCCCCCCCCCCC. The molecule has 1 atom stereocenters. The molecule has 428 valence electrons. The molecule has 0 aliphatic rings. The van der Waals surface area contributed by atoms with Crippen LogP contribution in [0.4, 0.5) is 0 Å². The first kappa shape index (κ1) is 70.8. The number of ether oxygens (including phenoxy) is 3. The minimum atomic E-state index is -0.796. The molecule has 0 N–H and O–H groups in total. The summed E-state index contributed by atoms with van der Waals surface area (Å²) in [5.41, 5.74) is 0. The van der Waals surface area contributed by atoms with E-state index in [1.165, 1.54) is 180 Å². The normalized spacial score (nSPS) is 12.5. The van der Waals surface area contributed by atoms with Crippen LogP contribution in [0.1, 0.15) is 323 Å². The van der Waals surface area contributed by atoms with Crippen molar-refractivity contribution < 1.29 is 28.6 Å². The van der Waals surface area contributed by atoms with Gasteiger partial charge in [0.1, 0.15) is 13.2 Å². The van der Waals surface area contributed by atoms with E-state index < -0.39 is 6.10 Å². The molecule has 6 nitrogen and oxygen atoms in total. The van der Waals surface area contributed by atoms with Crippen LogP contribution in [-0.2, 0) is 28.6 Å². The van der Waals surface area contributed by atoms with Crippen LogP contribution in [0, 0.1) is 0 Å². The number of rotatable bonds is 58. The first-order valence-corrected chi connectivity index (χ1v) is 31.9. The van der Waals surface area contributed by atoms with Crippen LogP contribution in [0.2, 0.25) is 0 Å². The lowest BCUT2D eigenvalue weighted by Gasteiger charge is -2.18. The van der Waals surface area contributed by atoms with Crippen LogP contribution < -0.4 is 0 Å². The van der Waals surface area contributed by atoms with Gasteiger partial charge in [0, 0.05) is 19.3 Å². The summed E-state index contributed by atoms with van der Waals surface area (Å²) in [4.78, 5) is 38.3. The van der Waals surface area contributed by atoms with Gasteiger partial charge in [0.25, 0.3) is 0 Å². The largest absolute Gasteiger partial charge is 0.462 e. The van der Waals surface area contributed by atoms with Crippen LogP contribution in [0.3, 0.4) is 0 Å². The maximum Gasteiger partial charge on any atom is 0.306 e. The van der Waals surface area contributed by atoms with E-state index >= 15 is 0 Å². The monoisotopic (exact) mass is 1030 g/mol. The number of unbranched alkanes of at least 4 members (excludes halogenated alkanes) is 35. The third kappa shape index (κ3) is 59.7. The predicted molar refractivity (Wildman–Crippen MR) is 321 cm³/mol. The zero-order chi connectivity index (χ0) is 53.6. The quantitative estimate of drug-likeness (QED) is 0.0261. The van der Waals surface area contributed by atoms with Crippen molar-refractivity contribution in [2.75, 3.05) is 13.2 Å². The van der Waals surface area contributed by atoms with Crippen molar-refractivity contribution in [3.63, 3.8) is 0 Å². The Morgan fingerprint density at radius 3 is 0.851 bits per heavy atom. The van der Waals surface area contributed by atoms with Gasteiger partial charge in [-0.1, -0.05) is 286 Å². The highest BCUT2D eigenvalue weighted by Crippen LogP contribution is 2.17. The summed E-state index contributed by atoms with van der Waals surface area (Å²) in [5.74, 6) is -0.915. The maximum atomic E-state index is 12.9. The number of carbonyl (C=O) groups excluding carboxylic acids is 3. The minimum absolute atomic E-state index is 0.0887. The van der Waals surface area contributed by atoms with Crippen molar-refractivity contribution in [2.24, 2.45) is 0 Å². The molecular weight excluding hydrogens is 913 g/mol. The Morgan fingerprint density at radius 2 is 0.527 bits per heavy atom. The number of hydrogen-bond donors (Lipinski definition) is 0. The smallest absolute Gasteiger partial charge is 0.306 e. The van der Waals surface area contributed by atoms with Crippen molar-refractivity contribution >= 4 is 17.9 Å². The molecule has 0 aromatic heterocycles. The van der Waals surface area contributed by atoms with Crippen molar-refractivity contribution in [3.05, 3.63) is 72.9 Å². The molecule has 0 radical (unpaired) electrons. The molecule has 1 unspecified atom stereocenters. The third-order valence-electron chi connectivity index (χ3n) is 13.9. The molecule has 0 rings (SSSR count). The molecule has 0 fully saturated rings. The summed E-state index contributed by atoms with van der Waals surface area (Å²) < 4.78 is 16.9. The van der Waals surface area contributed by atoms with Gasteiger partial charge in [0.15, 0.2) is 6.10 Å². The minimum Gasteiger partial charge on any atom is -0.462 e. The highest BCUT2D eigenvalue weighted by molar-refractivity contribution is 5.71. The summed E-state index contributed by atoms with van der Waals surface area (Å²) in [6.45, 7) is 6.52. The molecule has 0 aromatic carbocycles. The molecule has 0 aliphatic carbocycles. The predicted octanol–water partition coefficient (Wildman–Crippen LogP) is 21.7. The third-order valence-corrected chi connectivity index (χ3v) is 13.9. The number of esters is 3. The Labute approximate surface area is 459 Å². The molecule has 0 heterocycles. The molecule has 0 aliphatic heterocycles. The van der Waals surface area contributed by atoms with Crippen LogP contribution >= 0.6 is 0 Å². The van der Waals surface area contributed by atoms with Crippen molar-refractivity contribution in [2.45, 2.75) is 329 Å². The molecular formula is C68H120O6. The van der Waals surface area contributed by atoms with E-state index in [2.05, 4.69) is 93.7 Å². The first-order valence-electron chi connectivity index (χ1n) is 31.9. The highest BCUT2D eigenvalue weighted by atomic mass is 16.6. The molecule has 0 bridgehead atoms. The molecule has 0 saturated heterocycles. The van der Waals surface area contributed by atoms with Gasteiger partial charge in [0.05, 0.1) is 0 Å². The second-order valence-corrected chi connectivity index (χ2v) is 21.3. The van der Waals surface area contributed by atoms with Gasteiger partial charge in [-0.25, -0.2) is 0 Å². The van der Waals surface area contributed by atoms with E-state index in [-0.39, 0.29) is 31.1 Å². The van der Waals surface area contributed by atoms with Gasteiger partial charge in [-0.15, -0.1) is 0 Å². The van der Waals surface area contributed by atoms with Crippen LogP contribution in [0.15, 0.2) is 72.9 Å². The number of hydrogen-bond acceptors (Lipinski definition) is 6. The Morgan fingerprint density at radius 1 is 0.284 bits per heavy atom. The Balaban J connectivity index is 4.36. The van der Waals surface area contributed by atoms with Gasteiger partial charge >= 0.3 is 17.9 Å². The Kier molecular flexibility index (Phi) is 59.7. The molecule has 0 saturated carbocycles. The lowest BCUT2D eigenvalue weighted by atomic mass is 10.0. The Hall–Kier alpha value is -3.15. The summed E-state index contributed by atoms with van der Waals surface area (Å²) in [5, 5.41) is 0. The van der Waals surface area contributed by atoms with Crippen molar-refractivity contribution in [3.8, 4) is 0 Å². The van der Waals surface area contributed by atoms with Gasteiger partial charge < -0.3 is 14.2 Å². The van der Waals surface area contributed by atoms with Crippen LogP contribution in [-0.4, -0.2) is 37.2 Å². The van der Waals surface area contributed by atoms with E-state index in [1.807, 2.05) is 0 Å². The average molecular weight is 1030 g/mol. The fourth-order valence-corrected chi connectivity index (χ4v) is 9.17. The van der Waals surface area contributed by atoms with Gasteiger partial charge in [-0.05, 0) is 89.9 Å². The van der Waals surface area contributed by atoms with Gasteiger partial charge in [-0.3, -0.25) is 14.4 Å². The fourth-order valence-electron chi connectivity index (χ4n) is 9.17. The molecule has 0 aromatic rings. The molecule has 6 heteroatoms. The molecule has 0 spiro atoms. The average Bonchev–Trinajstić information content (AvgIpc) is 3.40. The zero-order valence-electron chi connectivity index (χ0n) is 49.1. The summed E-state index contributed by atoms with van der Waals surface area (Å²) in [7, 11) is 0. The van der Waals surface area contributed by atoms with Crippen LogP contribution in [0.5, 0.6) is 0 Å². The van der Waals surface area contributed by atoms with E-state index in [1.54, 1.807) is 0 Å². The lowest BCUT2D eigenvalue weighted by Crippen LogP contribution is -2.30. The lowest BCUT2D eigenvalue weighted by molar-refractivity contribution is -0.167. The molecule has 0 amide bonds. The fraction of sp³-hybridized carbons (Fsp3) is 0.779. The zero-order valence-corrected chi connectivity index (χ0v) is 49.1. The van der Waals surface area contributed by atoms with E-state index in [0.29, 0.717) is 19.3 Å². The standard InChI is InChI=1S/C68H120O6/c1-4-7-10-13-16-19-22-25-28-30-32-33-34-35-37-38-40-43-46-49-52-55-58-61-67(70)73-64-65(63-72-66(69)60-57-54-51-48-45-42-27-24-21-18-15-12-9-6-3)74-68(71)62-59-56-53-50-47-44-41-39-36-31-29-26-23-20-17-14-11-8-5-2/h8,11,17,20,24,26-27,29,36,39,44,47,65H,4-7,9-10,12-16,18-19,21-23,25,28,30-35,37-38,40-43,45-46,48-64H2,1-3H3/b11-8-,20-17-,27-24-,29-26-,39-36-,47-44-. The maximum absolute atomic E-state index is 12.9. The van der Waals surface area contributed by atoms with Crippen molar-refractivity contribution in [1.29, 1.82) is 0 Å². The number of allylic oxidation sites excluding steroid dienone is 12. The summed E-state index contributed by atoms with van der Waals surface area (Å²) in [6, 6.07) is 0. The van der Waals surface area contributed by atoms with E-state index in [4.69, 9.17) is 14.2 Å². The second-order valence-electron chi connectivity index (χ2n) is 21.3. The van der Waals surface area contributed by atoms with E-state index in [0.717, 1.165) is 103 Å². The highest BCUT2D eigenvalue weighted by Gasteiger charge is 2.19. The Bertz CT molecular complexity index is 1370. The topological polar surface area (TPSA) is 78.9 Å². The van der Waals surface area contributed by atoms with Crippen LogP contribution in [0.25, 0.3) is 0 Å². The molecule has 74 heavy (non-hydrogen) atoms. The second kappa shape index (κ2) is 62.4.